The topological polar surface area (TPSA) is 31.5 Å². The molecule has 27 heavy (non-hydrogen) atoms. The van der Waals surface area contributed by atoms with Crippen molar-refractivity contribution in [1.82, 2.24) is 0 Å². The summed E-state index contributed by atoms with van der Waals surface area (Å²) in [6, 6.07) is 28.4. The number of hydrogen-bond acceptors (Lipinski definition) is 1. The van der Waals surface area contributed by atoms with Crippen molar-refractivity contribution in [3.8, 4) is 28.6 Å². The van der Waals surface area contributed by atoms with Crippen LogP contribution in [0.25, 0.3) is 22.5 Å². The largest absolute Gasteiger partial charge is 0.211 e. The fourth-order valence-corrected chi connectivity index (χ4v) is 2.92. The number of para-hydroxylation sites is 1. The van der Waals surface area contributed by atoms with Gasteiger partial charge < -0.3 is 0 Å². The van der Waals surface area contributed by atoms with Gasteiger partial charge in [0.1, 0.15) is 0 Å². The van der Waals surface area contributed by atoms with Gasteiger partial charge in [-0.3, -0.25) is 0 Å². The summed E-state index contributed by atoms with van der Waals surface area (Å²) in [6.45, 7) is 0. The number of pyridine rings is 2. The van der Waals surface area contributed by atoms with Crippen molar-refractivity contribution >= 4 is 0 Å². The lowest BCUT2D eigenvalue weighted by Gasteiger charge is -2.01. The molecule has 0 N–H and O–H groups in total. The van der Waals surface area contributed by atoms with E-state index >= 15 is 0 Å². The molecule has 0 amide bonds. The zero-order valence-corrected chi connectivity index (χ0v) is 14.2. The van der Waals surface area contributed by atoms with Gasteiger partial charge >= 0.3 is 0 Å². The highest BCUT2D eigenvalue weighted by atomic mass is 14.9. The summed E-state index contributed by atoms with van der Waals surface area (Å²) >= 11 is 0. The molecule has 4 rings (SSSR count). The van der Waals surface area contributed by atoms with Crippen molar-refractivity contribution in [1.29, 1.82) is 5.26 Å². The molecule has 0 fully saturated rings. The fourth-order valence-electron chi connectivity index (χ4n) is 2.92. The molecule has 0 saturated heterocycles. The zero-order valence-electron chi connectivity index (χ0n) is 14.2. The predicted molar refractivity (Wildman–Crippen MR) is 106 cm³/mol. The molecular formula is C24H21N3+2. The number of rotatable bonds is 3. The molecular weight excluding hydrogens is 330 g/mol. The van der Waals surface area contributed by atoms with Crippen LogP contribution in [-0.4, -0.2) is 0 Å². The van der Waals surface area contributed by atoms with E-state index in [1.807, 2.05) is 59.4 Å². The quantitative estimate of drug-likeness (QED) is 0.503. The molecule has 0 saturated carbocycles. The molecule has 130 valence electrons. The number of nitriles is 1. The van der Waals surface area contributed by atoms with Crippen molar-refractivity contribution < 1.29 is 9.13 Å². The maximum atomic E-state index is 9.05. The summed E-state index contributed by atoms with van der Waals surface area (Å²) in [5, 5.41) is 9.05. The third-order valence-corrected chi connectivity index (χ3v) is 4.32. The molecule has 2 aromatic carbocycles. The molecule has 0 aliphatic heterocycles. The van der Waals surface area contributed by atoms with E-state index in [9.17, 15) is 0 Å². The van der Waals surface area contributed by atoms with Gasteiger partial charge in [0, 0.05) is 48.5 Å². The number of hydrogen-bond donors (Lipinski definition) is 0. The van der Waals surface area contributed by atoms with Crippen LogP contribution < -0.4 is 9.13 Å². The minimum absolute atomic E-state index is 0. The Kier molecular flexibility index (Phi) is 5.39. The number of aromatic nitrogens is 2. The van der Waals surface area contributed by atoms with Gasteiger partial charge in [0.25, 0.3) is 0 Å². The average molecular weight is 351 g/mol. The smallest absolute Gasteiger partial charge is 0.192 e. The Morgan fingerprint density at radius 1 is 0.593 bits per heavy atom. The first-order chi connectivity index (χ1) is 12.8. The first-order valence-corrected chi connectivity index (χ1v) is 8.42. The van der Waals surface area contributed by atoms with Crippen LogP contribution in [-0.2, 0) is 0 Å². The van der Waals surface area contributed by atoms with Crippen LogP contribution in [0.2, 0.25) is 0 Å². The molecule has 0 spiro atoms. The normalized spacial score (nSPS) is 9.89. The van der Waals surface area contributed by atoms with E-state index < -0.39 is 0 Å². The Balaban J connectivity index is 0.00000210. The number of benzene rings is 2. The molecule has 0 aliphatic carbocycles. The second-order valence-electron chi connectivity index (χ2n) is 5.99. The average Bonchev–Trinajstić information content (AvgIpc) is 2.75. The summed E-state index contributed by atoms with van der Waals surface area (Å²) in [5.74, 6) is 0. The van der Waals surface area contributed by atoms with E-state index in [2.05, 4.69) is 59.4 Å². The summed E-state index contributed by atoms with van der Waals surface area (Å²) in [5.41, 5.74) is 5.09. The predicted octanol–water partition coefficient (Wildman–Crippen LogP) is 4.41. The van der Waals surface area contributed by atoms with E-state index in [0.717, 1.165) is 22.5 Å². The van der Waals surface area contributed by atoms with Crippen LogP contribution in [0, 0.1) is 11.3 Å². The minimum atomic E-state index is 0. The van der Waals surface area contributed by atoms with Gasteiger partial charge in [-0.15, -0.1) is 0 Å². The maximum Gasteiger partial charge on any atom is 0.211 e. The summed E-state index contributed by atoms with van der Waals surface area (Å²) in [4.78, 5) is 0. The van der Waals surface area contributed by atoms with E-state index in [1.165, 1.54) is 0 Å². The standard InChI is InChI=1S/C23H17N3.CH4/c24-18-19-5-4-8-23(17-19)26-15-11-21(12-16-26)20-9-13-25(14-10-20)22-6-2-1-3-7-22;/h1-17H;1H4/q+2;. The molecule has 0 atom stereocenters. The van der Waals surface area contributed by atoms with E-state index in [0.29, 0.717) is 5.56 Å². The first kappa shape index (κ1) is 18.0. The molecule has 4 aromatic rings. The van der Waals surface area contributed by atoms with Gasteiger partial charge in [0.15, 0.2) is 24.8 Å². The fraction of sp³-hybridized carbons (Fsp3) is 0.0417. The SMILES string of the molecule is C.N#Cc1cccc(-[n+]2ccc(-c3cc[n+](-c4ccccc4)cc3)cc2)c1. The summed E-state index contributed by atoms with van der Waals surface area (Å²) in [6.07, 6.45) is 8.18. The van der Waals surface area contributed by atoms with E-state index in [4.69, 9.17) is 5.26 Å². The van der Waals surface area contributed by atoms with Crippen LogP contribution in [0.3, 0.4) is 0 Å². The highest BCUT2D eigenvalue weighted by Gasteiger charge is 2.09. The van der Waals surface area contributed by atoms with Crippen molar-refractivity contribution in [3.05, 3.63) is 109 Å². The van der Waals surface area contributed by atoms with Crippen molar-refractivity contribution in [3.63, 3.8) is 0 Å². The lowest BCUT2D eigenvalue weighted by Crippen LogP contribution is -2.29. The second kappa shape index (κ2) is 8.07. The third kappa shape index (κ3) is 3.91. The molecule has 3 heteroatoms. The minimum Gasteiger partial charge on any atom is -0.192 e. The molecule has 2 aromatic heterocycles. The highest BCUT2D eigenvalue weighted by molar-refractivity contribution is 5.61. The molecule has 0 bridgehead atoms. The lowest BCUT2D eigenvalue weighted by atomic mass is 10.1. The summed E-state index contributed by atoms with van der Waals surface area (Å²) in [7, 11) is 0. The third-order valence-electron chi connectivity index (χ3n) is 4.32. The van der Waals surface area contributed by atoms with Crippen molar-refractivity contribution in [2.24, 2.45) is 0 Å². The van der Waals surface area contributed by atoms with E-state index in [1.54, 1.807) is 0 Å². The van der Waals surface area contributed by atoms with Gasteiger partial charge in [-0.2, -0.15) is 14.4 Å². The maximum absolute atomic E-state index is 9.05. The van der Waals surface area contributed by atoms with Crippen LogP contribution in [0.15, 0.2) is 104 Å². The van der Waals surface area contributed by atoms with Gasteiger partial charge in [0.2, 0.25) is 11.4 Å². The molecule has 0 radical (unpaired) electrons. The molecule has 2 heterocycles. The molecule has 3 nitrogen and oxygen atoms in total. The Labute approximate surface area is 160 Å². The Bertz CT molecular complexity index is 1060. The number of nitrogens with zero attached hydrogens (tertiary/aromatic N) is 3. The van der Waals surface area contributed by atoms with Gasteiger partial charge in [0.05, 0.1) is 11.6 Å². The lowest BCUT2D eigenvalue weighted by molar-refractivity contribution is -0.596. The first-order valence-electron chi connectivity index (χ1n) is 8.42. The molecule has 0 aliphatic rings. The van der Waals surface area contributed by atoms with Gasteiger partial charge in [-0.05, 0) is 17.2 Å². The highest BCUT2D eigenvalue weighted by Crippen LogP contribution is 2.16. The van der Waals surface area contributed by atoms with Crippen LogP contribution >= 0.6 is 0 Å². The second-order valence-corrected chi connectivity index (χ2v) is 5.99. The zero-order chi connectivity index (χ0) is 17.8. The van der Waals surface area contributed by atoms with Crippen LogP contribution in [0.4, 0.5) is 0 Å². The van der Waals surface area contributed by atoms with Crippen molar-refractivity contribution in [2.45, 2.75) is 7.43 Å². The summed E-state index contributed by atoms with van der Waals surface area (Å²) < 4.78 is 4.11. The Morgan fingerprint density at radius 2 is 1.11 bits per heavy atom. The Hall–Kier alpha value is -3.77. The van der Waals surface area contributed by atoms with Gasteiger partial charge in [-0.25, -0.2) is 0 Å². The van der Waals surface area contributed by atoms with Gasteiger partial charge in [-0.1, -0.05) is 31.7 Å². The Morgan fingerprint density at radius 3 is 1.67 bits per heavy atom. The van der Waals surface area contributed by atoms with Crippen molar-refractivity contribution in [2.75, 3.05) is 0 Å². The molecule has 0 unspecified atom stereocenters. The van der Waals surface area contributed by atoms with Crippen LogP contribution in [0.1, 0.15) is 13.0 Å². The van der Waals surface area contributed by atoms with Crippen LogP contribution in [0.5, 0.6) is 0 Å². The van der Waals surface area contributed by atoms with E-state index in [-0.39, 0.29) is 7.43 Å². The monoisotopic (exact) mass is 351 g/mol.